The van der Waals surface area contributed by atoms with Crippen LogP contribution in [0.15, 0.2) is 91.0 Å². The number of anilines is 1. The molecule has 0 radical (unpaired) electrons. The van der Waals surface area contributed by atoms with Gasteiger partial charge in [-0.3, -0.25) is 9.59 Å². The van der Waals surface area contributed by atoms with E-state index in [-0.39, 0.29) is 24.7 Å². The van der Waals surface area contributed by atoms with Crippen molar-refractivity contribution in [2.75, 3.05) is 24.5 Å². The Morgan fingerprint density at radius 3 is 2.31 bits per heavy atom. The number of amides is 1. The van der Waals surface area contributed by atoms with Crippen molar-refractivity contribution in [2.45, 2.75) is 26.3 Å². The zero-order valence-electron chi connectivity index (χ0n) is 23.4. The second-order valence-electron chi connectivity index (χ2n) is 10.6. The number of aryl methyl sites for hydroxylation is 1. The zero-order chi connectivity index (χ0) is 28.9. The Morgan fingerprint density at radius 1 is 0.833 bits per heavy atom. The number of carbonyl (C=O) groups is 2. The number of ketones is 1. The third-order valence-electron chi connectivity index (χ3n) is 7.44. The van der Waals surface area contributed by atoms with Gasteiger partial charge in [-0.25, -0.2) is 4.98 Å². The number of benzene rings is 3. The highest BCUT2D eigenvalue weighted by molar-refractivity contribution is 5.86. The molecule has 0 aliphatic carbocycles. The summed E-state index contributed by atoms with van der Waals surface area (Å²) in [5, 5.41) is 14.6. The van der Waals surface area contributed by atoms with Crippen molar-refractivity contribution < 1.29 is 9.59 Å². The van der Waals surface area contributed by atoms with Gasteiger partial charge in [0.15, 0.2) is 0 Å². The summed E-state index contributed by atoms with van der Waals surface area (Å²) in [6.45, 7) is 4.05. The number of hydrogen-bond acceptors (Lipinski definition) is 7. The maximum Gasteiger partial charge on any atom is 0.242 e. The smallest absolute Gasteiger partial charge is 0.242 e. The molecule has 0 spiro atoms. The maximum absolute atomic E-state index is 13.2. The first-order chi connectivity index (χ1) is 20.5. The van der Waals surface area contributed by atoms with Crippen LogP contribution in [0.1, 0.15) is 22.3 Å². The van der Waals surface area contributed by atoms with Crippen molar-refractivity contribution in [3.05, 3.63) is 113 Å². The van der Waals surface area contributed by atoms with Crippen molar-refractivity contribution in [1.82, 2.24) is 30.5 Å². The predicted molar refractivity (Wildman–Crippen MR) is 161 cm³/mol. The minimum Gasteiger partial charge on any atom is -0.345 e. The standard InChI is InChI=1S/C33H31N7O2/c1-23-11-13-24(14-12-23)17-27(41)18-26-19-30(28-9-5-6-10-29(28)33-35-37-38-36-33)34-31(20-26)39-15-16-40(32(42)22-39)21-25-7-3-2-4-8-25/h2-14,19-20H,15-18,21-22H2,1H3,(H,35,36,37,38). The van der Waals surface area contributed by atoms with Crippen LogP contribution < -0.4 is 4.90 Å². The van der Waals surface area contributed by atoms with Gasteiger partial charge in [0, 0.05) is 43.6 Å². The van der Waals surface area contributed by atoms with Gasteiger partial charge in [-0.05, 0) is 41.0 Å². The molecule has 0 unspecified atom stereocenters. The summed E-state index contributed by atoms with van der Waals surface area (Å²) in [6, 6.07) is 29.7. The first-order valence-electron chi connectivity index (χ1n) is 14.0. The minimum atomic E-state index is 0.0431. The molecular weight excluding hydrogens is 526 g/mol. The van der Waals surface area contributed by atoms with Gasteiger partial charge in [0.25, 0.3) is 0 Å². The zero-order valence-corrected chi connectivity index (χ0v) is 23.4. The number of piperazine rings is 1. The summed E-state index contributed by atoms with van der Waals surface area (Å²) < 4.78 is 0. The number of aromatic amines is 1. The number of tetrazole rings is 1. The molecule has 1 fully saturated rings. The average Bonchev–Trinajstić information content (AvgIpc) is 3.55. The number of nitrogens with one attached hydrogen (secondary N) is 1. The number of nitrogens with zero attached hydrogens (tertiary/aromatic N) is 6. The second kappa shape index (κ2) is 12.1. The highest BCUT2D eigenvalue weighted by Gasteiger charge is 2.26. The van der Waals surface area contributed by atoms with Crippen LogP contribution in [-0.4, -0.2) is 61.8 Å². The fourth-order valence-electron chi connectivity index (χ4n) is 5.25. The highest BCUT2D eigenvalue weighted by atomic mass is 16.2. The number of H-pyrrole nitrogens is 1. The number of hydrogen-bond donors (Lipinski definition) is 1. The van der Waals surface area contributed by atoms with Crippen LogP contribution in [0.4, 0.5) is 5.82 Å². The van der Waals surface area contributed by atoms with Gasteiger partial charge < -0.3 is 9.80 Å². The van der Waals surface area contributed by atoms with E-state index < -0.39 is 0 Å². The molecule has 210 valence electrons. The van der Waals surface area contributed by atoms with Crippen LogP contribution in [0.3, 0.4) is 0 Å². The molecule has 0 bridgehead atoms. The molecule has 5 aromatic rings. The molecule has 0 atom stereocenters. The number of rotatable bonds is 9. The van der Waals surface area contributed by atoms with Crippen LogP contribution in [-0.2, 0) is 29.0 Å². The SMILES string of the molecule is Cc1ccc(CC(=O)Cc2cc(-c3ccccc3-c3nn[nH]n3)nc(N3CCN(Cc4ccccc4)C(=O)C3)c2)cc1. The van der Waals surface area contributed by atoms with E-state index in [1.54, 1.807) is 0 Å². The lowest BCUT2D eigenvalue weighted by Crippen LogP contribution is -2.50. The van der Waals surface area contributed by atoms with E-state index in [0.717, 1.165) is 33.4 Å². The lowest BCUT2D eigenvalue weighted by molar-refractivity contribution is -0.131. The molecule has 1 amide bonds. The molecule has 6 rings (SSSR count). The molecule has 0 saturated carbocycles. The third-order valence-corrected chi connectivity index (χ3v) is 7.44. The molecular formula is C33H31N7O2. The van der Waals surface area contributed by atoms with Crippen molar-refractivity contribution in [1.29, 1.82) is 0 Å². The molecule has 9 nitrogen and oxygen atoms in total. The molecule has 42 heavy (non-hydrogen) atoms. The van der Waals surface area contributed by atoms with Crippen molar-refractivity contribution in [2.24, 2.45) is 0 Å². The van der Waals surface area contributed by atoms with Gasteiger partial charge in [-0.2, -0.15) is 5.21 Å². The molecule has 2 aromatic heterocycles. The lowest BCUT2D eigenvalue weighted by atomic mass is 9.98. The normalized spacial score (nSPS) is 13.4. The number of Topliss-reactive ketones (excluding diaryl/α,β-unsaturated/α-hetero) is 1. The largest absolute Gasteiger partial charge is 0.345 e. The van der Waals surface area contributed by atoms with Crippen molar-refractivity contribution in [3.8, 4) is 22.6 Å². The van der Waals surface area contributed by atoms with Gasteiger partial charge in [0.05, 0.1) is 12.2 Å². The number of aromatic nitrogens is 5. The Balaban J connectivity index is 1.29. The molecule has 1 saturated heterocycles. The molecule has 3 aromatic carbocycles. The second-order valence-corrected chi connectivity index (χ2v) is 10.6. The van der Waals surface area contributed by atoms with Gasteiger partial charge in [0.1, 0.15) is 11.6 Å². The van der Waals surface area contributed by atoms with E-state index in [9.17, 15) is 9.59 Å². The first-order valence-corrected chi connectivity index (χ1v) is 14.0. The van der Waals surface area contributed by atoms with Crippen LogP contribution in [0.25, 0.3) is 22.6 Å². The van der Waals surface area contributed by atoms with Gasteiger partial charge in [0.2, 0.25) is 11.7 Å². The minimum absolute atomic E-state index is 0.0431. The predicted octanol–water partition coefficient (Wildman–Crippen LogP) is 4.44. The van der Waals surface area contributed by atoms with Crippen LogP contribution in [0, 0.1) is 6.92 Å². The van der Waals surface area contributed by atoms with Gasteiger partial charge in [-0.15, -0.1) is 10.2 Å². The maximum atomic E-state index is 13.2. The number of pyridine rings is 1. The first kappa shape index (κ1) is 27.0. The summed E-state index contributed by atoms with van der Waals surface area (Å²) in [5.41, 5.74) is 6.38. The summed E-state index contributed by atoms with van der Waals surface area (Å²) in [5.74, 6) is 1.28. The molecule has 1 N–H and O–H groups in total. The van der Waals surface area contributed by atoms with Gasteiger partial charge in [-0.1, -0.05) is 84.4 Å². The van der Waals surface area contributed by atoms with E-state index >= 15 is 0 Å². The van der Waals surface area contributed by atoms with Crippen LogP contribution >= 0.6 is 0 Å². The average molecular weight is 558 g/mol. The molecule has 9 heteroatoms. The van der Waals surface area contributed by atoms with E-state index in [0.29, 0.717) is 43.4 Å². The Hall–Kier alpha value is -5.18. The topological polar surface area (TPSA) is 108 Å². The van der Waals surface area contributed by atoms with E-state index in [1.807, 2.05) is 108 Å². The summed E-state index contributed by atoms with van der Waals surface area (Å²) >= 11 is 0. The van der Waals surface area contributed by atoms with E-state index in [2.05, 4.69) is 20.6 Å². The summed E-state index contributed by atoms with van der Waals surface area (Å²) in [4.78, 5) is 35.3. The third kappa shape index (κ3) is 6.25. The van der Waals surface area contributed by atoms with E-state index in [4.69, 9.17) is 4.98 Å². The van der Waals surface area contributed by atoms with Crippen molar-refractivity contribution in [3.63, 3.8) is 0 Å². The van der Waals surface area contributed by atoms with Crippen molar-refractivity contribution >= 4 is 17.5 Å². The fraction of sp³-hybridized carbons (Fsp3) is 0.212. The Morgan fingerprint density at radius 2 is 1.57 bits per heavy atom. The molecule has 1 aliphatic rings. The summed E-state index contributed by atoms with van der Waals surface area (Å²) in [6.07, 6.45) is 0.603. The van der Waals surface area contributed by atoms with Crippen LogP contribution in [0.2, 0.25) is 0 Å². The molecule has 1 aliphatic heterocycles. The Kier molecular flexibility index (Phi) is 7.81. The Bertz CT molecular complexity index is 1690. The highest BCUT2D eigenvalue weighted by Crippen LogP contribution is 2.31. The lowest BCUT2D eigenvalue weighted by Gasteiger charge is -2.35. The van der Waals surface area contributed by atoms with Crippen LogP contribution in [0.5, 0.6) is 0 Å². The fourth-order valence-corrected chi connectivity index (χ4v) is 5.25. The Labute approximate surface area is 244 Å². The number of carbonyl (C=O) groups excluding carboxylic acids is 2. The monoisotopic (exact) mass is 557 g/mol. The van der Waals surface area contributed by atoms with Gasteiger partial charge >= 0.3 is 0 Å². The molecule has 3 heterocycles. The quantitative estimate of drug-likeness (QED) is 0.285. The van der Waals surface area contributed by atoms with E-state index in [1.165, 1.54) is 0 Å². The summed E-state index contributed by atoms with van der Waals surface area (Å²) in [7, 11) is 0.